The van der Waals surface area contributed by atoms with Gasteiger partial charge >= 0.3 is 0 Å². The Morgan fingerprint density at radius 1 is 1.09 bits per heavy atom. The summed E-state index contributed by atoms with van der Waals surface area (Å²) in [4.78, 5) is 29.5. The molecule has 0 aromatic heterocycles. The molecule has 1 saturated heterocycles. The Kier molecular flexibility index (Phi) is 5.13. The van der Waals surface area contributed by atoms with Crippen molar-refractivity contribution in [2.24, 2.45) is 0 Å². The predicted molar refractivity (Wildman–Crippen MR) is 122 cm³/mol. The SMILES string of the molecule is COc1ccc2c(c1)[C@]1(SCCN1C(=O)c1ccccc1)C(=O)N2Cc1ccccc1F. The summed E-state index contributed by atoms with van der Waals surface area (Å²) in [6.07, 6.45) is 0. The fourth-order valence-corrected chi connectivity index (χ4v) is 5.86. The Morgan fingerprint density at radius 3 is 2.59 bits per heavy atom. The van der Waals surface area contributed by atoms with Crippen LogP contribution < -0.4 is 9.64 Å². The largest absolute Gasteiger partial charge is 0.497 e. The summed E-state index contributed by atoms with van der Waals surface area (Å²) in [7, 11) is 1.57. The summed E-state index contributed by atoms with van der Waals surface area (Å²) in [5.41, 5.74) is 2.31. The number of hydrogen-bond donors (Lipinski definition) is 0. The number of halogens is 1. The van der Waals surface area contributed by atoms with Gasteiger partial charge in [0.25, 0.3) is 11.8 Å². The van der Waals surface area contributed by atoms with E-state index in [1.807, 2.05) is 18.2 Å². The summed E-state index contributed by atoms with van der Waals surface area (Å²) in [5, 5.41) is 0. The molecule has 0 saturated carbocycles. The van der Waals surface area contributed by atoms with E-state index in [1.54, 1.807) is 65.4 Å². The Bertz CT molecular complexity index is 1200. The van der Waals surface area contributed by atoms with Gasteiger partial charge in [0.15, 0.2) is 4.87 Å². The summed E-state index contributed by atoms with van der Waals surface area (Å²) >= 11 is 1.44. The molecular formula is C25H21FN2O3S. The molecule has 2 amide bonds. The van der Waals surface area contributed by atoms with Crippen LogP contribution in [0.1, 0.15) is 21.5 Å². The molecule has 1 fully saturated rings. The van der Waals surface area contributed by atoms with Crippen LogP contribution in [0.25, 0.3) is 0 Å². The average Bonchev–Trinajstić information content (AvgIpc) is 3.37. The quantitative estimate of drug-likeness (QED) is 0.593. The van der Waals surface area contributed by atoms with Crippen LogP contribution in [0.4, 0.5) is 10.1 Å². The van der Waals surface area contributed by atoms with Crippen LogP contribution in [0.2, 0.25) is 0 Å². The number of fused-ring (bicyclic) bond motifs is 2. The Labute approximate surface area is 189 Å². The zero-order chi connectivity index (χ0) is 22.3. The Morgan fingerprint density at radius 2 is 1.84 bits per heavy atom. The zero-order valence-corrected chi connectivity index (χ0v) is 18.3. The molecule has 7 heteroatoms. The third-order valence-corrected chi connectivity index (χ3v) is 7.37. The molecule has 0 aliphatic carbocycles. The van der Waals surface area contributed by atoms with E-state index in [1.165, 1.54) is 17.8 Å². The third kappa shape index (κ3) is 3.07. The van der Waals surface area contributed by atoms with Gasteiger partial charge in [0.1, 0.15) is 11.6 Å². The van der Waals surface area contributed by atoms with Gasteiger partial charge in [-0.3, -0.25) is 9.59 Å². The van der Waals surface area contributed by atoms with Crippen molar-refractivity contribution in [3.8, 4) is 5.75 Å². The standard InChI is InChI=1S/C25H21FN2O3S/c1-31-19-11-12-22-20(15-19)25(24(30)27(22)16-18-9-5-6-10-21(18)26)28(13-14-32-25)23(29)17-7-3-2-4-8-17/h2-12,15H,13-14,16H2,1H3/t25-/m0/s1. The Balaban J connectivity index is 1.63. The molecule has 3 aromatic rings. The first-order valence-electron chi connectivity index (χ1n) is 10.3. The van der Waals surface area contributed by atoms with Crippen LogP contribution >= 0.6 is 11.8 Å². The molecule has 0 N–H and O–H groups in total. The van der Waals surface area contributed by atoms with Crippen molar-refractivity contribution in [1.82, 2.24) is 4.90 Å². The maximum atomic E-state index is 14.4. The van der Waals surface area contributed by atoms with Crippen molar-refractivity contribution in [3.05, 3.63) is 95.3 Å². The van der Waals surface area contributed by atoms with Gasteiger partial charge in [-0.05, 0) is 36.4 Å². The Hall–Kier alpha value is -3.32. The summed E-state index contributed by atoms with van der Waals surface area (Å²) in [6, 6.07) is 20.8. The maximum absolute atomic E-state index is 14.4. The number of nitrogens with zero attached hydrogens (tertiary/aromatic N) is 2. The number of methoxy groups -OCH3 is 1. The highest BCUT2D eigenvalue weighted by molar-refractivity contribution is 8.01. The van der Waals surface area contributed by atoms with Gasteiger partial charge in [-0.2, -0.15) is 0 Å². The summed E-state index contributed by atoms with van der Waals surface area (Å²) < 4.78 is 19.9. The fourth-order valence-electron chi connectivity index (χ4n) is 4.41. The molecule has 2 heterocycles. The number of carbonyl (C=O) groups is 2. The van der Waals surface area contributed by atoms with Crippen LogP contribution in [-0.4, -0.2) is 36.1 Å². The molecule has 162 valence electrons. The first-order valence-corrected chi connectivity index (χ1v) is 11.3. The monoisotopic (exact) mass is 448 g/mol. The van der Waals surface area contributed by atoms with Crippen LogP contribution in [0.5, 0.6) is 5.75 Å². The van der Waals surface area contributed by atoms with Gasteiger partial charge in [-0.15, -0.1) is 11.8 Å². The number of anilines is 1. The normalized spacial score (nSPS) is 19.5. The van der Waals surface area contributed by atoms with Crippen molar-refractivity contribution < 1.29 is 18.7 Å². The molecule has 5 nitrogen and oxygen atoms in total. The smallest absolute Gasteiger partial charge is 0.268 e. The van der Waals surface area contributed by atoms with Crippen molar-refractivity contribution in [2.45, 2.75) is 11.4 Å². The van der Waals surface area contributed by atoms with E-state index >= 15 is 0 Å². The van der Waals surface area contributed by atoms with Gasteiger partial charge < -0.3 is 14.5 Å². The highest BCUT2D eigenvalue weighted by Crippen LogP contribution is 2.55. The van der Waals surface area contributed by atoms with Crippen molar-refractivity contribution in [2.75, 3.05) is 24.3 Å². The van der Waals surface area contributed by atoms with E-state index in [0.29, 0.717) is 40.4 Å². The minimum absolute atomic E-state index is 0.0838. The van der Waals surface area contributed by atoms with Crippen molar-refractivity contribution in [1.29, 1.82) is 0 Å². The molecule has 3 aromatic carbocycles. The van der Waals surface area contributed by atoms with Crippen LogP contribution in [-0.2, 0) is 16.2 Å². The highest BCUT2D eigenvalue weighted by Gasteiger charge is 2.59. The van der Waals surface area contributed by atoms with Gasteiger partial charge in [0.2, 0.25) is 0 Å². The van der Waals surface area contributed by atoms with Crippen molar-refractivity contribution in [3.63, 3.8) is 0 Å². The molecular weight excluding hydrogens is 427 g/mol. The van der Waals surface area contributed by atoms with E-state index in [0.717, 1.165) is 0 Å². The highest BCUT2D eigenvalue weighted by atomic mass is 32.2. The lowest BCUT2D eigenvalue weighted by Crippen LogP contribution is -2.50. The minimum atomic E-state index is -1.21. The number of ether oxygens (including phenoxy) is 1. The van der Waals surface area contributed by atoms with Crippen LogP contribution in [0.15, 0.2) is 72.8 Å². The van der Waals surface area contributed by atoms with E-state index in [-0.39, 0.29) is 24.2 Å². The molecule has 1 spiro atoms. The van der Waals surface area contributed by atoms with E-state index in [9.17, 15) is 14.0 Å². The third-order valence-electron chi connectivity index (χ3n) is 5.95. The van der Waals surface area contributed by atoms with Crippen molar-refractivity contribution >= 4 is 29.3 Å². The molecule has 2 aliphatic heterocycles. The second-order valence-corrected chi connectivity index (χ2v) is 8.97. The summed E-state index contributed by atoms with van der Waals surface area (Å²) in [6.45, 7) is 0.523. The molecule has 2 aliphatic rings. The average molecular weight is 449 g/mol. The molecule has 5 rings (SSSR count). The lowest BCUT2D eigenvalue weighted by molar-refractivity contribution is -0.123. The maximum Gasteiger partial charge on any atom is 0.268 e. The van der Waals surface area contributed by atoms with E-state index < -0.39 is 4.87 Å². The number of amides is 2. The number of hydrogen-bond acceptors (Lipinski definition) is 4. The summed E-state index contributed by atoms with van der Waals surface area (Å²) in [5.74, 6) is 0.409. The fraction of sp³-hybridized carbons (Fsp3) is 0.200. The lowest BCUT2D eigenvalue weighted by Gasteiger charge is -2.33. The molecule has 32 heavy (non-hydrogen) atoms. The van der Waals surface area contributed by atoms with E-state index in [4.69, 9.17) is 4.74 Å². The minimum Gasteiger partial charge on any atom is -0.497 e. The zero-order valence-electron chi connectivity index (χ0n) is 17.5. The topological polar surface area (TPSA) is 49.9 Å². The number of rotatable bonds is 4. The molecule has 0 radical (unpaired) electrons. The van der Waals surface area contributed by atoms with Crippen LogP contribution in [0.3, 0.4) is 0 Å². The number of benzene rings is 3. The second-order valence-electron chi connectivity index (χ2n) is 7.68. The second kappa shape index (κ2) is 7.98. The molecule has 1 atom stereocenters. The molecule has 0 unspecified atom stereocenters. The van der Waals surface area contributed by atoms with Gasteiger partial charge in [0.05, 0.1) is 19.3 Å². The van der Waals surface area contributed by atoms with E-state index in [2.05, 4.69) is 0 Å². The predicted octanol–water partition coefficient (Wildman–Crippen LogP) is 4.42. The molecule has 0 bridgehead atoms. The lowest BCUT2D eigenvalue weighted by atomic mass is 10.0. The number of carbonyl (C=O) groups excluding carboxylic acids is 2. The number of thioether (sulfide) groups is 1. The van der Waals surface area contributed by atoms with Crippen LogP contribution in [0, 0.1) is 5.82 Å². The van der Waals surface area contributed by atoms with Gasteiger partial charge in [-0.1, -0.05) is 36.4 Å². The van der Waals surface area contributed by atoms with Gasteiger partial charge in [-0.25, -0.2) is 4.39 Å². The first kappa shape index (κ1) is 20.6. The first-order chi connectivity index (χ1) is 15.6. The van der Waals surface area contributed by atoms with Gasteiger partial charge in [0, 0.05) is 29.0 Å².